The Morgan fingerprint density at radius 2 is 1.80 bits per heavy atom. The predicted octanol–water partition coefficient (Wildman–Crippen LogP) is 4.13. The van der Waals surface area contributed by atoms with E-state index in [9.17, 15) is 9.59 Å². The Balaban J connectivity index is 2.48. The molecule has 0 aliphatic carbocycles. The molecule has 0 heterocycles. The van der Waals surface area contributed by atoms with Gasteiger partial charge in [0.25, 0.3) is 0 Å². The number of hydrogen-bond donors (Lipinski definition) is 1. The van der Waals surface area contributed by atoms with E-state index >= 15 is 0 Å². The maximum Gasteiger partial charge on any atom is 0.337 e. The van der Waals surface area contributed by atoms with Crippen LogP contribution in [0.15, 0.2) is 60.7 Å². The molecular weight excluding hydrogens is 452 g/mol. The number of methoxy groups -OCH3 is 3. The molecule has 2 aromatic rings. The van der Waals surface area contributed by atoms with Gasteiger partial charge in [-0.1, -0.05) is 24.8 Å². The summed E-state index contributed by atoms with van der Waals surface area (Å²) >= 11 is 0. The second-order valence-electron chi connectivity index (χ2n) is 7.54. The van der Waals surface area contributed by atoms with Crippen LogP contribution in [0.1, 0.15) is 40.9 Å². The van der Waals surface area contributed by atoms with Crippen molar-refractivity contribution in [2.24, 2.45) is 0 Å². The second kappa shape index (κ2) is 13.9. The van der Waals surface area contributed by atoms with Crippen molar-refractivity contribution in [3.63, 3.8) is 0 Å². The maximum absolute atomic E-state index is 12.1. The van der Waals surface area contributed by atoms with Gasteiger partial charge in [0.15, 0.2) is 0 Å². The van der Waals surface area contributed by atoms with Crippen molar-refractivity contribution in [3.8, 4) is 11.5 Å². The Bertz CT molecular complexity index is 1040. The van der Waals surface area contributed by atoms with Crippen molar-refractivity contribution in [2.75, 3.05) is 41.2 Å². The minimum absolute atomic E-state index is 0.0859. The predicted molar refractivity (Wildman–Crippen MR) is 131 cm³/mol. The Morgan fingerprint density at radius 1 is 1.09 bits per heavy atom. The molecule has 0 aromatic heterocycles. The van der Waals surface area contributed by atoms with E-state index < -0.39 is 18.0 Å². The van der Waals surface area contributed by atoms with Gasteiger partial charge in [0.05, 0.1) is 33.0 Å². The van der Waals surface area contributed by atoms with Crippen LogP contribution < -0.4 is 9.47 Å². The molecule has 0 unspecified atom stereocenters. The van der Waals surface area contributed by atoms with Crippen LogP contribution in [-0.2, 0) is 19.0 Å². The molecule has 0 radical (unpaired) electrons. The second-order valence-corrected chi connectivity index (χ2v) is 7.54. The van der Waals surface area contributed by atoms with Gasteiger partial charge in [0.1, 0.15) is 24.2 Å². The Hall–Kier alpha value is -3.62. The average Bonchev–Trinajstić information content (AvgIpc) is 2.86. The smallest absolute Gasteiger partial charge is 0.337 e. The fraction of sp³-hybridized carbons (Fsp3) is 0.333. The van der Waals surface area contributed by atoms with E-state index in [1.54, 1.807) is 49.6 Å². The molecule has 8 nitrogen and oxygen atoms in total. The molecule has 0 saturated heterocycles. The summed E-state index contributed by atoms with van der Waals surface area (Å²) in [7, 11) is 4.42. The van der Waals surface area contributed by atoms with Gasteiger partial charge in [-0.25, -0.2) is 4.79 Å². The van der Waals surface area contributed by atoms with E-state index in [4.69, 9.17) is 28.8 Å². The molecule has 1 atom stereocenters. The summed E-state index contributed by atoms with van der Waals surface area (Å²) in [6.07, 6.45) is 1.61. The van der Waals surface area contributed by atoms with Crippen LogP contribution in [0.5, 0.6) is 11.5 Å². The number of rotatable bonds is 13. The third-order valence-corrected chi connectivity index (χ3v) is 5.07. The lowest BCUT2D eigenvalue weighted by atomic mass is 9.94. The van der Waals surface area contributed by atoms with Gasteiger partial charge in [-0.05, 0) is 47.0 Å². The number of carbonyl (C=O) groups excluding carboxylic acids is 2. The number of hydrogen-bond acceptors (Lipinski definition) is 8. The van der Waals surface area contributed by atoms with Gasteiger partial charge in [-0.15, -0.1) is 0 Å². The average molecular weight is 485 g/mol. The fourth-order valence-electron chi connectivity index (χ4n) is 3.48. The van der Waals surface area contributed by atoms with Gasteiger partial charge < -0.3 is 28.8 Å². The lowest BCUT2D eigenvalue weighted by Gasteiger charge is -2.19. The SMILES string of the molecule is C=C(COC)/C(=C/C[C@@H](OC(C)=O)c1ccc(OCCO)cc1)c1cc(C(=O)OC)ccc1OC. The standard InChI is InChI=1S/C27H32O8/c1-18(17-31-3)23(24-16-21(27(30)33-5)8-12-26(24)32-4)11-13-25(35-19(2)29)20-6-9-22(10-7-20)34-15-14-28/h6-12,16,25,28H,1,13-15,17H2,2-5H3/b23-11-/t25-/m1/s1. The third kappa shape index (κ3) is 7.98. The zero-order valence-corrected chi connectivity index (χ0v) is 20.5. The van der Waals surface area contributed by atoms with E-state index in [2.05, 4.69) is 6.58 Å². The van der Waals surface area contributed by atoms with Crippen LogP contribution in [0.3, 0.4) is 0 Å². The number of benzene rings is 2. The summed E-state index contributed by atoms with van der Waals surface area (Å²) in [6, 6.07) is 12.1. The molecule has 2 rings (SSSR count). The van der Waals surface area contributed by atoms with E-state index in [1.165, 1.54) is 21.1 Å². The molecule has 0 amide bonds. The normalized spacial score (nSPS) is 12.0. The number of esters is 2. The van der Waals surface area contributed by atoms with Crippen LogP contribution in [-0.4, -0.2) is 58.2 Å². The van der Waals surface area contributed by atoms with Crippen LogP contribution in [0.25, 0.3) is 5.57 Å². The molecule has 188 valence electrons. The van der Waals surface area contributed by atoms with E-state index in [1.807, 2.05) is 6.08 Å². The first-order valence-electron chi connectivity index (χ1n) is 11.0. The highest BCUT2D eigenvalue weighted by Crippen LogP contribution is 2.34. The Labute approximate surface area is 205 Å². The van der Waals surface area contributed by atoms with Crippen molar-refractivity contribution >= 4 is 17.5 Å². The lowest BCUT2D eigenvalue weighted by Crippen LogP contribution is -2.09. The Morgan fingerprint density at radius 3 is 2.37 bits per heavy atom. The molecule has 0 fully saturated rings. The van der Waals surface area contributed by atoms with Gasteiger partial charge in [0, 0.05) is 26.0 Å². The zero-order valence-electron chi connectivity index (χ0n) is 20.5. The van der Waals surface area contributed by atoms with Crippen molar-refractivity contribution in [1.82, 2.24) is 0 Å². The highest BCUT2D eigenvalue weighted by atomic mass is 16.5. The molecule has 0 aliphatic heterocycles. The van der Waals surface area contributed by atoms with Crippen molar-refractivity contribution < 1.29 is 38.4 Å². The van der Waals surface area contributed by atoms with Gasteiger partial charge >= 0.3 is 11.9 Å². The van der Waals surface area contributed by atoms with Crippen molar-refractivity contribution in [1.29, 1.82) is 0 Å². The molecule has 2 aromatic carbocycles. The number of aliphatic hydroxyl groups is 1. The first-order valence-corrected chi connectivity index (χ1v) is 11.0. The van der Waals surface area contributed by atoms with Crippen LogP contribution in [0, 0.1) is 0 Å². The number of carbonyl (C=O) groups is 2. The zero-order chi connectivity index (χ0) is 25.8. The van der Waals surface area contributed by atoms with Crippen LogP contribution >= 0.6 is 0 Å². The molecule has 35 heavy (non-hydrogen) atoms. The largest absolute Gasteiger partial charge is 0.496 e. The van der Waals surface area contributed by atoms with Gasteiger partial charge in [-0.2, -0.15) is 0 Å². The summed E-state index contributed by atoms with van der Waals surface area (Å²) in [4.78, 5) is 24.0. The quantitative estimate of drug-likeness (QED) is 0.335. The fourth-order valence-corrected chi connectivity index (χ4v) is 3.48. The molecule has 1 N–H and O–H groups in total. The molecular formula is C27H32O8. The summed E-state index contributed by atoms with van der Waals surface area (Å²) in [6.45, 7) is 5.83. The third-order valence-electron chi connectivity index (χ3n) is 5.07. The van der Waals surface area contributed by atoms with E-state index in [-0.39, 0.29) is 19.8 Å². The number of ether oxygens (including phenoxy) is 5. The lowest BCUT2D eigenvalue weighted by molar-refractivity contribution is -0.146. The highest BCUT2D eigenvalue weighted by Gasteiger charge is 2.19. The first kappa shape index (κ1) is 27.6. The molecule has 0 aliphatic rings. The number of aliphatic hydroxyl groups excluding tert-OH is 1. The molecule has 0 spiro atoms. The van der Waals surface area contributed by atoms with Crippen LogP contribution in [0.2, 0.25) is 0 Å². The Kier molecular flexibility index (Phi) is 11.0. The summed E-state index contributed by atoms with van der Waals surface area (Å²) < 4.78 is 26.7. The maximum atomic E-state index is 12.1. The molecule has 0 bridgehead atoms. The van der Waals surface area contributed by atoms with E-state index in [0.717, 1.165) is 5.56 Å². The first-order chi connectivity index (χ1) is 16.8. The van der Waals surface area contributed by atoms with Gasteiger partial charge in [0.2, 0.25) is 0 Å². The topological polar surface area (TPSA) is 101 Å². The summed E-state index contributed by atoms with van der Waals surface area (Å²) in [5.74, 6) is 0.229. The van der Waals surface area contributed by atoms with Crippen molar-refractivity contribution in [3.05, 3.63) is 77.4 Å². The summed E-state index contributed by atoms with van der Waals surface area (Å²) in [5.41, 5.74) is 3.10. The van der Waals surface area contributed by atoms with Gasteiger partial charge in [-0.3, -0.25) is 4.79 Å². The van der Waals surface area contributed by atoms with Crippen LogP contribution in [0.4, 0.5) is 0 Å². The molecule has 8 heteroatoms. The minimum atomic E-state index is -0.584. The van der Waals surface area contributed by atoms with Crippen molar-refractivity contribution in [2.45, 2.75) is 19.4 Å². The summed E-state index contributed by atoms with van der Waals surface area (Å²) in [5, 5.41) is 8.93. The molecule has 0 saturated carbocycles. The highest BCUT2D eigenvalue weighted by molar-refractivity contribution is 5.92. The van der Waals surface area contributed by atoms with E-state index in [0.29, 0.717) is 40.2 Å². The monoisotopic (exact) mass is 484 g/mol. The minimum Gasteiger partial charge on any atom is -0.496 e.